The topological polar surface area (TPSA) is 187 Å². The Balaban J connectivity index is 1.59. The molecule has 16 heteroatoms. The molecule has 19 atom stereocenters. The van der Waals surface area contributed by atoms with Crippen LogP contribution in [0.2, 0.25) is 0 Å². The maximum Gasteiger partial charge on any atom is 0.311 e. The number of ether oxygens (including phenoxy) is 10. The van der Waals surface area contributed by atoms with Gasteiger partial charge in [-0.3, -0.25) is 19.3 Å². The average molecular weight is 830 g/mol. The molecule has 4 heterocycles. The zero-order valence-corrected chi connectivity index (χ0v) is 36.8. The fourth-order valence-corrected chi connectivity index (χ4v) is 10.2. The highest BCUT2D eigenvalue weighted by Crippen LogP contribution is 2.52. The Hall–Kier alpha value is -1.83. The predicted octanol–water partition coefficient (Wildman–Crippen LogP) is 2.66. The summed E-state index contributed by atoms with van der Waals surface area (Å²) in [5.41, 5.74) is -4.06. The first-order valence-corrected chi connectivity index (χ1v) is 21.1. The van der Waals surface area contributed by atoms with Crippen LogP contribution in [0.3, 0.4) is 0 Å². The number of rotatable bonds is 9. The van der Waals surface area contributed by atoms with Gasteiger partial charge < -0.3 is 57.6 Å². The van der Waals surface area contributed by atoms with Gasteiger partial charge in [0.25, 0.3) is 0 Å². The lowest BCUT2D eigenvalue weighted by Gasteiger charge is -2.50. The lowest BCUT2D eigenvalue weighted by Crippen LogP contribution is -2.62. The molecule has 0 aromatic rings. The van der Waals surface area contributed by atoms with Gasteiger partial charge in [-0.2, -0.15) is 0 Å². The van der Waals surface area contributed by atoms with Crippen LogP contribution in [0, 0.1) is 29.6 Å². The third-order valence-electron chi connectivity index (χ3n) is 14.0. The van der Waals surface area contributed by atoms with Gasteiger partial charge in [0.1, 0.15) is 29.2 Å². The Morgan fingerprint density at radius 2 is 1.47 bits per heavy atom. The van der Waals surface area contributed by atoms with Crippen molar-refractivity contribution >= 4 is 17.7 Å². The minimum absolute atomic E-state index is 0.0534. The van der Waals surface area contributed by atoms with Crippen molar-refractivity contribution in [3.63, 3.8) is 0 Å². The van der Waals surface area contributed by atoms with Crippen LogP contribution < -0.4 is 0 Å². The lowest BCUT2D eigenvalue weighted by molar-refractivity contribution is -0.322. The molecule has 58 heavy (non-hydrogen) atoms. The number of hydrogen-bond acceptors (Lipinski definition) is 16. The molecule has 334 valence electrons. The molecular weight excluding hydrogens is 758 g/mol. The monoisotopic (exact) mass is 829 g/mol. The summed E-state index contributed by atoms with van der Waals surface area (Å²) in [7, 11) is 4.71. The number of hydrogen-bond donors (Lipinski definition) is 2. The molecule has 2 N–H and O–H groups in total. The quantitative estimate of drug-likeness (QED) is 0.323. The second-order valence-corrected chi connectivity index (χ2v) is 18.1. The number of morpholine rings is 1. The van der Waals surface area contributed by atoms with Crippen LogP contribution in [-0.4, -0.2) is 165 Å². The van der Waals surface area contributed by atoms with E-state index in [9.17, 15) is 24.6 Å². The van der Waals surface area contributed by atoms with Gasteiger partial charge >= 0.3 is 11.9 Å². The van der Waals surface area contributed by atoms with Gasteiger partial charge in [0, 0.05) is 77.5 Å². The van der Waals surface area contributed by atoms with Crippen molar-refractivity contribution in [3.05, 3.63) is 0 Å². The minimum Gasteiger partial charge on any atom is -0.458 e. The average Bonchev–Trinajstić information content (AvgIpc) is 3.72. The maximum atomic E-state index is 14.3. The van der Waals surface area contributed by atoms with E-state index < -0.39 is 114 Å². The molecule has 4 aliphatic heterocycles. The van der Waals surface area contributed by atoms with Crippen molar-refractivity contribution in [2.75, 3.05) is 47.6 Å². The molecule has 5 aliphatic rings. The molecule has 5 rings (SSSR count). The number of esters is 2. The fourth-order valence-electron chi connectivity index (χ4n) is 10.2. The maximum absolute atomic E-state index is 14.3. The van der Waals surface area contributed by atoms with Gasteiger partial charge in [-0.05, 0) is 47.5 Å². The molecule has 16 nitrogen and oxygen atoms in total. The summed E-state index contributed by atoms with van der Waals surface area (Å²) in [5.74, 6) is -5.40. The van der Waals surface area contributed by atoms with Crippen LogP contribution in [-0.2, 0) is 61.8 Å². The Morgan fingerprint density at radius 1 is 0.845 bits per heavy atom. The van der Waals surface area contributed by atoms with E-state index in [2.05, 4.69) is 4.90 Å². The molecule has 0 aromatic carbocycles. The molecule has 0 spiro atoms. The highest BCUT2D eigenvalue weighted by molar-refractivity contribution is 5.84. The molecule has 1 aliphatic carbocycles. The van der Waals surface area contributed by atoms with E-state index in [4.69, 9.17) is 47.4 Å². The molecule has 1 unspecified atom stereocenters. The van der Waals surface area contributed by atoms with E-state index in [1.807, 2.05) is 27.7 Å². The first-order valence-electron chi connectivity index (χ1n) is 21.1. The Labute approximate surface area is 344 Å². The third kappa shape index (κ3) is 9.32. The number of Topliss-reactive ketones (excluding diaryl/α,β-unsaturated/α-hetero) is 1. The van der Waals surface area contributed by atoms with Gasteiger partial charge in [0.2, 0.25) is 0 Å². The van der Waals surface area contributed by atoms with Crippen molar-refractivity contribution in [1.29, 1.82) is 0 Å². The first-order chi connectivity index (χ1) is 27.2. The SMILES string of the molecule is CO[C@H]1[C@H](O[C@@H]2[C@@H](C)[C@H](O[C@H]3C[C@@](C)(OC)[C@@H](OC(C)=O)[C@H](C)O3)[C@@H](C)C(=O)O[C@@H]3C(C)[C@]3(O)[C@H](O)[C@@H](C)C(=O)[C@H](C)C[C@]2(C)OC)O[C@H](C)C[C@@H]1N1CCOCC1. The molecular formula is C42H71NO15. The number of nitrogens with zero attached hydrogens (tertiary/aromatic N) is 1. The number of carbonyl (C=O) groups excluding carboxylic acids is 3. The van der Waals surface area contributed by atoms with Gasteiger partial charge in [-0.1, -0.05) is 27.7 Å². The van der Waals surface area contributed by atoms with E-state index in [1.54, 1.807) is 48.8 Å². The van der Waals surface area contributed by atoms with Crippen molar-refractivity contribution in [3.8, 4) is 0 Å². The van der Waals surface area contributed by atoms with Crippen LogP contribution >= 0.6 is 0 Å². The number of carbonyl (C=O) groups is 3. The van der Waals surface area contributed by atoms with Crippen LogP contribution in [0.1, 0.15) is 88.5 Å². The highest BCUT2D eigenvalue weighted by atomic mass is 16.7. The summed E-state index contributed by atoms with van der Waals surface area (Å²) >= 11 is 0. The predicted molar refractivity (Wildman–Crippen MR) is 207 cm³/mol. The van der Waals surface area contributed by atoms with Crippen molar-refractivity contribution in [2.24, 2.45) is 29.6 Å². The summed E-state index contributed by atoms with van der Waals surface area (Å²) in [5, 5.41) is 23.1. The molecule has 5 fully saturated rings. The third-order valence-corrected chi connectivity index (χ3v) is 14.0. The number of methoxy groups -OCH3 is 3. The van der Waals surface area contributed by atoms with E-state index in [0.29, 0.717) is 19.6 Å². The summed E-state index contributed by atoms with van der Waals surface area (Å²) in [6.45, 7) is 20.0. The van der Waals surface area contributed by atoms with Crippen molar-refractivity contribution in [1.82, 2.24) is 4.90 Å². The molecule has 0 radical (unpaired) electrons. The standard InChI is InChI=1S/C42H71NO15/c1-21-19-40(9,50-12)35(58-39-33(49-11)29(18-22(2)53-39)43-14-16-52-17-15-43)24(4)32(56-30-20-41(10,51-13)37(27(7)54-30)55-28(8)44)25(5)38(47)57-36-26(6)42(36,48)34(46)23(3)31(21)45/h21-27,29-30,32-37,39,46,48H,14-20H2,1-13H3/t21-,22-,23+,24+,25-,26?,27+,29+,30+,32+,33-,34-,35-,36-,37+,39+,40+,41-,42+/m1/s1. The second-order valence-electron chi connectivity index (χ2n) is 18.1. The minimum atomic E-state index is -1.82. The fraction of sp³-hybridized carbons (Fsp3) is 0.929. The lowest BCUT2D eigenvalue weighted by atomic mass is 9.75. The number of aliphatic hydroxyl groups is 2. The van der Waals surface area contributed by atoms with Crippen LogP contribution in [0.5, 0.6) is 0 Å². The van der Waals surface area contributed by atoms with Gasteiger partial charge in [0.05, 0.1) is 55.3 Å². The first kappa shape index (κ1) is 47.2. The number of aliphatic hydroxyl groups excluding tert-OH is 1. The molecule has 4 saturated heterocycles. The molecule has 0 amide bonds. The smallest absolute Gasteiger partial charge is 0.311 e. The number of fused-ring (bicyclic) bond motifs is 1. The van der Waals surface area contributed by atoms with Gasteiger partial charge in [-0.25, -0.2) is 0 Å². The van der Waals surface area contributed by atoms with Crippen molar-refractivity contribution in [2.45, 2.75) is 173 Å². The Bertz CT molecular complexity index is 1430. The van der Waals surface area contributed by atoms with Crippen LogP contribution in [0.4, 0.5) is 0 Å². The Kier molecular flexibility index (Phi) is 15.2. The summed E-state index contributed by atoms with van der Waals surface area (Å²) < 4.78 is 62.8. The zero-order chi connectivity index (χ0) is 43.1. The second kappa shape index (κ2) is 18.6. The zero-order valence-electron chi connectivity index (χ0n) is 36.8. The molecule has 0 aromatic heterocycles. The van der Waals surface area contributed by atoms with Gasteiger partial charge in [-0.15, -0.1) is 0 Å². The van der Waals surface area contributed by atoms with E-state index >= 15 is 0 Å². The highest BCUT2D eigenvalue weighted by Gasteiger charge is 2.70. The molecule has 0 bridgehead atoms. The largest absolute Gasteiger partial charge is 0.458 e. The molecule has 1 saturated carbocycles. The summed E-state index contributed by atoms with van der Waals surface area (Å²) in [4.78, 5) is 42.9. The van der Waals surface area contributed by atoms with Crippen LogP contribution in [0.15, 0.2) is 0 Å². The van der Waals surface area contributed by atoms with E-state index in [1.165, 1.54) is 14.0 Å². The van der Waals surface area contributed by atoms with Crippen LogP contribution in [0.25, 0.3) is 0 Å². The van der Waals surface area contributed by atoms with Gasteiger partial charge in [0.15, 0.2) is 18.7 Å². The summed E-state index contributed by atoms with van der Waals surface area (Å²) in [6.07, 6.45) is -7.45. The Morgan fingerprint density at radius 3 is 2.05 bits per heavy atom. The summed E-state index contributed by atoms with van der Waals surface area (Å²) in [6, 6.07) is -0.0534. The normalized spacial score (nSPS) is 48.7. The number of ketones is 1. The van der Waals surface area contributed by atoms with Crippen molar-refractivity contribution < 1.29 is 72.0 Å². The van der Waals surface area contributed by atoms with E-state index in [0.717, 1.165) is 13.1 Å². The van der Waals surface area contributed by atoms with E-state index in [-0.39, 0.29) is 30.8 Å².